The van der Waals surface area contributed by atoms with Crippen molar-refractivity contribution in [1.29, 1.82) is 0 Å². The molecule has 1 aliphatic rings. The van der Waals surface area contributed by atoms with Gasteiger partial charge < -0.3 is 20.5 Å². The van der Waals surface area contributed by atoms with Gasteiger partial charge in [-0.1, -0.05) is 48.5 Å². The van der Waals surface area contributed by atoms with Crippen molar-refractivity contribution < 1.29 is 33.0 Å². The Kier molecular flexibility index (Phi) is 7.86. The van der Waals surface area contributed by atoms with Crippen LogP contribution in [0.4, 0.5) is 13.6 Å². The summed E-state index contributed by atoms with van der Waals surface area (Å²) in [6, 6.07) is 13.7. The number of fused-ring (bicyclic) bond motifs is 3. The van der Waals surface area contributed by atoms with E-state index >= 15 is 0 Å². The summed E-state index contributed by atoms with van der Waals surface area (Å²) in [4.78, 5) is 35.3. The summed E-state index contributed by atoms with van der Waals surface area (Å²) in [7, 11) is 0. The van der Waals surface area contributed by atoms with Gasteiger partial charge in [0.2, 0.25) is 5.91 Å². The van der Waals surface area contributed by atoms with Crippen LogP contribution in [-0.4, -0.2) is 47.7 Å². The summed E-state index contributed by atoms with van der Waals surface area (Å²) >= 11 is 0. The van der Waals surface area contributed by atoms with Crippen LogP contribution in [0.15, 0.2) is 48.5 Å². The number of carboxylic acid groups (broad SMARTS) is 1. The Labute approximate surface area is 196 Å². The number of benzene rings is 2. The lowest BCUT2D eigenvalue weighted by Gasteiger charge is -2.27. The van der Waals surface area contributed by atoms with Gasteiger partial charge in [-0.25, -0.2) is 13.6 Å². The van der Waals surface area contributed by atoms with E-state index in [1.54, 1.807) is 13.8 Å². The van der Waals surface area contributed by atoms with Gasteiger partial charge in [-0.05, 0) is 42.5 Å². The number of hydrogen-bond acceptors (Lipinski definition) is 4. The molecule has 7 nitrogen and oxygen atoms in total. The molecule has 0 aliphatic heterocycles. The molecule has 0 bridgehead atoms. The van der Waals surface area contributed by atoms with Crippen molar-refractivity contribution in [3.63, 3.8) is 0 Å². The monoisotopic (exact) mass is 474 g/mol. The highest BCUT2D eigenvalue weighted by atomic mass is 19.3. The largest absolute Gasteiger partial charge is 0.481 e. The van der Waals surface area contributed by atoms with Crippen LogP contribution in [-0.2, 0) is 14.3 Å². The first-order chi connectivity index (χ1) is 16.1. The Hall–Kier alpha value is -3.49. The molecule has 2 aromatic carbocycles. The van der Waals surface area contributed by atoms with Crippen LogP contribution in [0.1, 0.15) is 50.2 Å². The average Bonchev–Trinajstić information content (AvgIpc) is 3.09. The SMILES string of the molecule is CC(C)(CCC(=O)O)NC(=O)CC(NC(=O)OCC1c2ccccc2-c2ccccc21)C(F)F. The lowest BCUT2D eigenvalue weighted by molar-refractivity contribution is -0.138. The minimum Gasteiger partial charge on any atom is -0.481 e. The van der Waals surface area contributed by atoms with Gasteiger partial charge in [0.25, 0.3) is 6.43 Å². The van der Waals surface area contributed by atoms with E-state index in [9.17, 15) is 23.2 Å². The zero-order chi connectivity index (χ0) is 24.9. The number of alkyl halides is 2. The van der Waals surface area contributed by atoms with E-state index in [0.29, 0.717) is 0 Å². The summed E-state index contributed by atoms with van der Waals surface area (Å²) < 4.78 is 32.3. The number of amides is 2. The minimum absolute atomic E-state index is 0.0375. The molecular weight excluding hydrogens is 446 g/mol. The quantitative estimate of drug-likeness (QED) is 0.476. The molecule has 9 heteroatoms. The topological polar surface area (TPSA) is 105 Å². The highest BCUT2D eigenvalue weighted by molar-refractivity contribution is 5.80. The van der Waals surface area contributed by atoms with Crippen LogP contribution in [0, 0.1) is 0 Å². The van der Waals surface area contributed by atoms with Crippen molar-refractivity contribution >= 4 is 18.0 Å². The number of aliphatic carboxylic acids is 1. The van der Waals surface area contributed by atoms with Crippen LogP contribution in [0.3, 0.4) is 0 Å². The molecule has 34 heavy (non-hydrogen) atoms. The molecule has 1 atom stereocenters. The molecule has 0 spiro atoms. The van der Waals surface area contributed by atoms with E-state index in [0.717, 1.165) is 22.3 Å². The van der Waals surface area contributed by atoms with Crippen LogP contribution in [0.25, 0.3) is 11.1 Å². The number of halogens is 2. The van der Waals surface area contributed by atoms with Crippen molar-refractivity contribution in [2.45, 2.75) is 57.0 Å². The van der Waals surface area contributed by atoms with E-state index in [1.165, 1.54) is 0 Å². The minimum atomic E-state index is -2.99. The fourth-order valence-corrected chi connectivity index (χ4v) is 4.10. The summed E-state index contributed by atoms with van der Waals surface area (Å²) in [5.41, 5.74) is 3.17. The second-order valence-corrected chi connectivity index (χ2v) is 8.94. The van der Waals surface area contributed by atoms with Crippen LogP contribution < -0.4 is 10.6 Å². The maximum Gasteiger partial charge on any atom is 0.407 e. The normalized spacial score (nSPS) is 13.7. The number of carbonyl (C=O) groups excluding carboxylic acids is 2. The smallest absolute Gasteiger partial charge is 0.407 e. The number of alkyl carbamates (subject to hydrolysis) is 1. The Morgan fingerprint density at radius 1 is 1.03 bits per heavy atom. The van der Waals surface area contributed by atoms with Gasteiger partial charge in [-0.15, -0.1) is 0 Å². The summed E-state index contributed by atoms with van der Waals surface area (Å²) in [5, 5.41) is 13.4. The maximum absolute atomic E-state index is 13.5. The molecule has 0 saturated heterocycles. The maximum atomic E-state index is 13.5. The van der Waals surface area contributed by atoms with E-state index in [2.05, 4.69) is 10.6 Å². The molecular formula is C25H28F2N2O5. The Morgan fingerprint density at radius 2 is 1.59 bits per heavy atom. The van der Waals surface area contributed by atoms with Gasteiger partial charge in [0.05, 0.1) is 6.42 Å². The van der Waals surface area contributed by atoms with Crippen molar-refractivity contribution in [2.24, 2.45) is 0 Å². The molecule has 0 fully saturated rings. The third-order valence-corrected chi connectivity index (χ3v) is 5.80. The van der Waals surface area contributed by atoms with E-state index in [4.69, 9.17) is 9.84 Å². The van der Waals surface area contributed by atoms with Gasteiger partial charge in [0, 0.05) is 17.9 Å². The van der Waals surface area contributed by atoms with Gasteiger partial charge in [-0.2, -0.15) is 0 Å². The van der Waals surface area contributed by atoms with Gasteiger partial charge in [-0.3, -0.25) is 9.59 Å². The van der Waals surface area contributed by atoms with Crippen molar-refractivity contribution in [1.82, 2.24) is 10.6 Å². The molecule has 0 aromatic heterocycles. The number of nitrogens with one attached hydrogen (secondary N) is 2. The van der Waals surface area contributed by atoms with Crippen LogP contribution in [0.2, 0.25) is 0 Å². The van der Waals surface area contributed by atoms with E-state index in [-0.39, 0.29) is 25.4 Å². The molecule has 182 valence electrons. The predicted octanol–water partition coefficient (Wildman–Crippen LogP) is 4.31. The molecule has 1 unspecified atom stereocenters. The Balaban J connectivity index is 1.57. The number of carboxylic acids is 1. The number of ether oxygens (including phenoxy) is 1. The lowest BCUT2D eigenvalue weighted by atomic mass is 9.98. The van der Waals surface area contributed by atoms with Crippen molar-refractivity contribution in [2.75, 3.05) is 6.61 Å². The van der Waals surface area contributed by atoms with Crippen molar-refractivity contribution in [3.05, 3.63) is 59.7 Å². The standard InChI is InChI=1S/C25H28F2N2O5/c1-25(2,12-11-22(31)32)29-21(30)13-20(23(26)27)28-24(33)34-14-19-17-9-5-3-7-15(17)16-8-4-6-10-18(16)19/h3-10,19-20,23H,11-14H2,1-2H3,(H,28,33)(H,29,30)(H,31,32). The molecule has 3 rings (SSSR count). The first-order valence-corrected chi connectivity index (χ1v) is 11.0. The van der Waals surface area contributed by atoms with Crippen molar-refractivity contribution in [3.8, 4) is 11.1 Å². The second kappa shape index (κ2) is 10.6. The highest BCUT2D eigenvalue weighted by Crippen LogP contribution is 2.44. The zero-order valence-corrected chi connectivity index (χ0v) is 19.0. The summed E-state index contributed by atoms with van der Waals surface area (Å²) in [6.45, 7) is 3.17. The Morgan fingerprint density at radius 3 is 2.12 bits per heavy atom. The highest BCUT2D eigenvalue weighted by Gasteiger charge is 2.31. The van der Waals surface area contributed by atoms with Gasteiger partial charge in [0.1, 0.15) is 12.6 Å². The fourth-order valence-electron chi connectivity index (χ4n) is 4.10. The molecule has 0 radical (unpaired) electrons. The number of rotatable bonds is 10. The van der Waals surface area contributed by atoms with Gasteiger partial charge >= 0.3 is 12.1 Å². The third-order valence-electron chi connectivity index (χ3n) is 5.80. The molecule has 0 saturated carbocycles. The van der Waals surface area contributed by atoms with Crippen LogP contribution in [0.5, 0.6) is 0 Å². The first kappa shape index (κ1) is 25.1. The Bertz CT molecular complexity index is 1010. The van der Waals surface area contributed by atoms with Gasteiger partial charge in [0.15, 0.2) is 0 Å². The lowest BCUT2D eigenvalue weighted by Crippen LogP contribution is -2.48. The van der Waals surface area contributed by atoms with E-state index < -0.39 is 42.4 Å². The van der Waals surface area contributed by atoms with E-state index in [1.807, 2.05) is 48.5 Å². The van der Waals surface area contributed by atoms with Crippen LogP contribution >= 0.6 is 0 Å². The molecule has 3 N–H and O–H groups in total. The zero-order valence-electron chi connectivity index (χ0n) is 19.0. The predicted molar refractivity (Wildman–Crippen MR) is 122 cm³/mol. The number of carbonyl (C=O) groups is 3. The average molecular weight is 475 g/mol. The first-order valence-electron chi connectivity index (χ1n) is 11.0. The summed E-state index contributed by atoms with van der Waals surface area (Å²) in [5.74, 6) is -1.97. The third kappa shape index (κ3) is 6.30. The number of hydrogen-bond donors (Lipinski definition) is 3. The molecule has 2 aromatic rings. The fraction of sp³-hybridized carbons (Fsp3) is 0.400. The molecule has 2 amide bonds. The second-order valence-electron chi connectivity index (χ2n) is 8.94. The molecule has 0 heterocycles. The summed E-state index contributed by atoms with van der Waals surface area (Å²) in [6.07, 6.45) is -4.74. The molecule has 1 aliphatic carbocycles.